The molecule has 1 N–H and O–H groups in total. The quantitative estimate of drug-likeness (QED) is 0.425. The lowest BCUT2D eigenvalue weighted by molar-refractivity contribution is 0.0941. The van der Waals surface area contributed by atoms with Gasteiger partial charge in [0.05, 0.1) is 36.2 Å². The van der Waals surface area contributed by atoms with Crippen LogP contribution in [0.15, 0.2) is 59.8 Å². The number of fused-ring (bicyclic) bond motifs is 2. The Morgan fingerprint density at radius 2 is 2.09 bits per heavy atom. The summed E-state index contributed by atoms with van der Waals surface area (Å²) in [5.41, 5.74) is 4.90. The average molecular weight is 447 g/mol. The largest absolute Gasteiger partial charge is 0.360 e. The minimum Gasteiger partial charge on any atom is -0.360 e. The summed E-state index contributed by atoms with van der Waals surface area (Å²) in [4.78, 5) is 21.5. The van der Waals surface area contributed by atoms with E-state index < -0.39 is 0 Å². The number of aromatic nitrogens is 5. The van der Waals surface area contributed by atoms with Crippen LogP contribution in [0.25, 0.3) is 11.2 Å². The van der Waals surface area contributed by atoms with Crippen LogP contribution < -0.4 is 5.32 Å². The third-order valence-corrected chi connectivity index (χ3v) is 5.95. The van der Waals surface area contributed by atoms with Gasteiger partial charge in [0, 0.05) is 29.7 Å². The molecule has 32 heavy (non-hydrogen) atoms. The van der Waals surface area contributed by atoms with Crippen LogP contribution >= 0.6 is 11.6 Å². The number of carbonyl (C=O) groups is 1. The molecule has 0 radical (unpaired) electrons. The summed E-state index contributed by atoms with van der Waals surface area (Å²) >= 11 is 6.07. The number of amides is 1. The van der Waals surface area contributed by atoms with Crippen LogP contribution in [-0.4, -0.2) is 29.8 Å². The molecule has 5 aromatic heterocycles. The van der Waals surface area contributed by atoms with Crippen LogP contribution in [0.3, 0.4) is 0 Å². The highest BCUT2D eigenvalue weighted by atomic mass is 35.5. The molecular weight excluding hydrogens is 428 g/mol. The monoisotopic (exact) mass is 446 g/mol. The van der Waals surface area contributed by atoms with Crippen LogP contribution in [-0.2, 0) is 13.0 Å². The molecule has 9 heteroatoms. The van der Waals surface area contributed by atoms with E-state index >= 15 is 0 Å². The number of hydrogen-bond donors (Lipinski definition) is 1. The van der Waals surface area contributed by atoms with Crippen molar-refractivity contribution >= 4 is 28.7 Å². The van der Waals surface area contributed by atoms with Gasteiger partial charge >= 0.3 is 0 Å². The van der Waals surface area contributed by atoms with Gasteiger partial charge in [-0.25, -0.2) is 9.97 Å². The molecule has 8 nitrogen and oxygen atoms in total. The van der Waals surface area contributed by atoms with Crippen molar-refractivity contribution < 1.29 is 9.32 Å². The van der Waals surface area contributed by atoms with Crippen molar-refractivity contribution in [1.29, 1.82) is 0 Å². The van der Waals surface area contributed by atoms with Gasteiger partial charge in [0.15, 0.2) is 5.69 Å². The highest BCUT2D eigenvalue weighted by molar-refractivity contribution is 6.30. The molecule has 1 aliphatic carbocycles. The zero-order valence-electron chi connectivity index (χ0n) is 17.0. The van der Waals surface area contributed by atoms with Gasteiger partial charge in [0.2, 0.25) is 0 Å². The molecule has 0 bridgehead atoms. The van der Waals surface area contributed by atoms with Crippen LogP contribution in [0.1, 0.15) is 52.0 Å². The highest BCUT2D eigenvalue weighted by Crippen LogP contribution is 2.39. The molecule has 6 rings (SSSR count). The predicted octanol–water partition coefficient (Wildman–Crippen LogP) is 4.02. The number of nitrogens with one attached hydrogen (secondary N) is 1. The molecule has 0 aliphatic heterocycles. The second-order valence-corrected chi connectivity index (χ2v) is 8.54. The van der Waals surface area contributed by atoms with E-state index in [0.29, 0.717) is 23.1 Å². The third kappa shape index (κ3) is 3.62. The van der Waals surface area contributed by atoms with Crippen LogP contribution in [0.2, 0.25) is 5.02 Å². The Balaban J connectivity index is 1.13. The van der Waals surface area contributed by atoms with E-state index in [0.717, 1.165) is 22.6 Å². The number of pyridine rings is 2. The Hall–Kier alpha value is -3.65. The van der Waals surface area contributed by atoms with Gasteiger partial charge in [-0.3, -0.25) is 4.79 Å². The van der Waals surface area contributed by atoms with Crippen molar-refractivity contribution in [2.24, 2.45) is 0 Å². The Bertz CT molecular complexity index is 1460. The Morgan fingerprint density at radius 3 is 2.97 bits per heavy atom. The Labute approximate surface area is 187 Å². The summed E-state index contributed by atoms with van der Waals surface area (Å²) in [6, 6.07) is 9.44. The summed E-state index contributed by atoms with van der Waals surface area (Å²) < 4.78 is 9.28. The molecule has 0 unspecified atom stereocenters. The van der Waals surface area contributed by atoms with E-state index in [2.05, 4.69) is 37.1 Å². The minimum atomic E-state index is -0.327. The van der Waals surface area contributed by atoms with Gasteiger partial charge in [0.1, 0.15) is 11.4 Å². The fourth-order valence-electron chi connectivity index (χ4n) is 3.89. The fourth-order valence-corrected chi connectivity index (χ4v) is 4.05. The summed E-state index contributed by atoms with van der Waals surface area (Å²) in [5, 5.41) is 7.37. The van der Waals surface area contributed by atoms with E-state index in [9.17, 15) is 4.79 Å². The van der Waals surface area contributed by atoms with Crippen molar-refractivity contribution in [3.05, 3.63) is 88.7 Å². The molecule has 0 aromatic carbocycles. The lowest BCUT2D eigenvalue weighted by Crippen LogP contribution is -2.23. The van der Waals surface area contributed by atoms with Gasteiger partial charge in [-0.05, 0) is 42.5 Å². The molecular formula is C23H19ClN6O2. The number of carbonyl (C=O) groups excluding carboxylic acids is 1. The van der Waals surface area contributed by atoms with Crippen molar-refractivity contribution in [3.63, 3.8) is 0 Å². The van der Waals surface area contributed by atoms with E-state index in [1.54, 1.807) is 18.5 Å². The molecule has 5 aromatic rings. The molecule has 1 aliphatic rings. The molecule has 0 spiro atoms. The summed E-state index contributed by atoms with van der Waals surface area (Å²) in [5.74, 6) is 0.949. The molecule has 1 amide bonds. The first-order valence-corrected chi connectivity index (χ1v) is 10.8. The first-order chi connectivity index (χ1) is 15.6. The van der Waals surface area contributed by atoms with Crippen LogP contribution in [0.4, 0.5) is 0 Å². The minimum absolute atomic E-state index is 0.223. The second kappa shape index (κ2) is 7.49. The van der Waals surface area contributed by atoms with Gasteiger partial charge in [0.25, 0.3) is 5.91 Å². The predicted molar refractivity (Wildman–Crippen MR) is 118 cm³/mol. The van der Waals surface area contributed by atoms with Gasteiger partial charge in [-0.15, -0.1) is 0 Å². The standard InChI is InChI=1S/C23H19ClN6O2/c24-16-5-6-29-13-26-20(21(29)7-16)10-25-23(31)19-9-18(32-28-19)8-17-12-30-11-15(14-1-2-14)3-4-22(30)27-17/h3-7,9,11-14H,1-2,8,10H2,(H,25,31). The van der Waals surface area contributed by atoms with Gasteiger partial charge in [-0.1, -0.05) is 22.8 Å². The number of imidazole rings is 2. The van der Waals surface area contributed by atoms with E-state index in [1.165, 1.54) is 18.4 Å². The smallest absolute Gasteiger partial charge is 0.273 e. The summed E-state index contributed by atoms with van der Waals surface area (Å²) in [6.07, 6.45) is 10.6. The van der Waals surface area contributed by atoms with E-state index in [1.807, 2.05) is 28.9 Å². The average Bonchev–Trinajstić information content (AvgIpc) is 3.21. The number of rotatable bonds is 6. The second-order valence-electron chi connectivity index (χ2n) is 8.10. The van der Waals surface area contributed by atoms with Gasteiger partial charge in [-0.2, -0.15) is 0 Å². The maximum Gasteiger partial charge on any atom is 0.273 e. The van der Waals surface area contributed by atoms with Crippen molar-refractivity contribution in [2.75, 3.05) is 0 Å². The molecule has 1 fully saturated rings. The Morgan fingerprint density at radius 1 is 1.19 bits per heavy atom. The molecule has 0 saturated heterocycles. The van der Waals surface area contributed by atoms with Crippen molar-refractivity contribution in [3.8, 4) is 0 Å². The normalized spacial score (nSPS) is 13.8. The maximum absolute atomic E-state index is 12.5. The van der Waals surface area contributed by atoms with E-state index in [-0.39, 0.29) is 18.1 Å². The summed E-state index contributed by atoms with van der Waals surface area (Å²) in [6.45, 7) is 0.258. The molecule has 160 valence electrons. The SMILES string of the molecule is O=C(NCc1ncn2ccc(Cl)cc12)c1cc(Cc2cn3cc(C4CC4)ccc3n2)on1. The van der Waals surface area contributed by atoms with Crippen LogP contribution in [0, 0.1) is 0 Å². The van der Waals surface area contributed by atoms with Crippen molar-refractivity contribution in [2.45, 2.75) is 31.7 Å². The lowest BCUT2D eigenvalue weighted by Gasteiger charge is -2.01. The molecule has 0 atom stereocenters. The van der Waals surface area contributed by atoms with Crippen LogP contribution in [0.5, 0.6) is 0 Å². The number of nitrogens with zero attached hydrogens (tertiary/aromatic N) is 5. The van der Waals surface area contributed by atoms with E-state index in [4.69, 9.17) is 16.1 Å². The molecule has 5 heterocycles. The fraction of sp³-hybridized carbons (Fsp3) is 0.217. The van der Waals surface area contributed by atoms with Crippen molar-refractivity contribution in [1.82, 2.24) is 29.2 Å². The number of halogens is 1. The molecule has 1 saturated carbocycles. The zero-order valence-corrected chi connectivity index (χ0v) is 17.8. The summed E-state index contributed by atoms with van der Waals surface area (Å²) in [7, 11) is 0. The zero-order chi connectivity index (χ0) is 21.7. The van der Waals surface area contributed by atoms with Gasteiger partial charge < -0.3 is 18.6 Å². The highest BCUT2D eigenvalue weighted by Gasteiger charge is 2.24. The number of hydrogen-bond acceptors (Lipinski definition) is 5. The lowest BCUT2D eigenvalue weighted by atomic mass is 10.2. The first-order valence-electron chi connectivity index (χ1n) is 10.4. The Kier molecular flexibility index (Phi) is 4.46. The maximum atomic E-state index is 12.5. The third-order valence-electron chi connectivity index (χ3n) is 5.72. The topological polar surface area (TPSA) is 89.7 Å². The first kappa shape index (κ1) is 19.1.